The fourth-order valence-electron chi connectivity index (χ4n) is 2.93. The van der Waals surface area contributed by atoms with E-state index in [0.29, 0.717) is 0 Å². The van der Waals surface area contributed by atoms with Crippen LogP contribution in [0, 0.1) is 6.92 Å². The lowest BCUT2D eigenvalue weighted by Crippen LogP contribution is -2.29. The second-order valence-corrected chi connectivity index (χ2v) is 7.69. The van der Waals surface area contributed by atoms with Gasteiger partial charge in [0, 0.05) is 31.1 Å². The van der Waals surface area contributed by atoms with Crippen LogP contribution in [0.3, 0.4) is 0 Å². The molecule has 1 aromatic heterocycles. The molecule has 4 nitrogen and oxygen atoms in total. The van der Waals surface area contributed by atoms with Gasteiger partial charge < -0.3 is 4.90 Å². The number of aromatic nitrogens is 2. The number of unbranched alkanes of at least 4 members (excludes halogenated alkanes) is 3. The summed E-state index contributed by atoms with van der Waals surface area (Å²) in [5.74, 6) is 1.14. The van der Waals surface area contributed by atoms with E-state index in [2.05, 4.69) is 41.7 Å². The fraction of sp³-hybridized carbons (Fsp3) is 0.778. The molecule has 0 aliphatic carbocycles. The van der Waals surface area contributed by atoms with Crippen LogP contribution in [0.2, 0.25) is 0 Å². The highest BCUT2D eigenvalue weighted by Crippen LogP contribution is 2.18. The molecular weight excluding hydrogens is 304 g/mol. The van der Waals surface area contributed by atoms with Crippen molar-refractivity contribution >= 4 is 11.8 Å². The monoisotopic (exact) mass is 336 g/mol. The molecule has 1 aliphatic heterocycles. The number of likely N-dealkylation sites (N-methyl/N-ethyl adjacent to an activating group) is 1. The molecule has 0 bridgehead atoms. The first-order valence-electron chi connectivity index (χ1n) is 9.05. The summed E-state index contributed by atoms with van der Waals surface area (Å²) in [4.78, 5) is 14.3. The van der Waals surface area contributed by atoms with Gasteiger partial charge in [-0.1, -0.05) is 37.9 Å². The van der Waals surface area contributed by atoms with E-state index >= 15 is 0 Å². The molecule has 0 aromatic carbocycles. The maximum Gasteiger partial charge on any atom is 0.188 e. The first kappa shape index (κ1) is 18.7. The van der Waals surface area contributed by atoms with Crippen LogP contribution in [-0.4, -0.2) is 58.7 Å². The van der Waals surface area contributed by atoms with Crippen LogP contribution in [0.15, 0.2) is 11.2 Å². The van der Waals surface area contributed by atoms with Gasteiger partial charge in [-0.2, -0.15) is 0 Å². The van der Waals surface area contributed by atoms with E-state index in [-0.39, 0.29) is 0 Å². The zero-order valence-electron chi connectivity index (χ0n) is 15.1. The molecule has 1 aromatic rings. The van der Waals surface area contributed by atoms with Gasteiger partial charge >= 0.3 is 0 Å². The lowest BCUT2D eigenvalue weighted by atomic mass is 10.2. The highest BCUT2D eigenvalue weighted by atomic mass is 32.2. The number of hydrogen-bond acceptors (Lipinski definition) is 5. The van der Waals surface area contributed by atoms with Crippen LogP contribution in [0.25, 0.3) is 0 Å². The van der Waals surface area contributed by atoms with E-state index in [9.17, 15) is 0 Å². The van der Waals surface area contributed by atoms with Crippen molar-refractivity contribution in [1.29, 1.82) is 0 Å². The van der Waals surface area contributed by atoms with E-state index in [0.717, 1.165) is 36.2 Å². The molecule has 0 unspecified atom stereocenters. The highest BCUT2D eigenvalue weighted by Gasteiger charge is 2.13. The molecular formula is C18H32N4S. The summed E-state index contributed by atoms with van der Waals surface area (Å²) in [5.41, 5.74) is 2.27. The number of aryl methyl sites for hydroxylation is 1. The predicted molar refractivity (Wildman–Crippen MR) is 99.0 cm³/mol. The number of thioether (sulfide) groups is 1. The van der Waals surface area contributed by atoms with Gasteiger partial charge in [0.25, 0.3) is 0 Å². The fourth-order valence-corrected chi connectivity index (χ4v) is 3.85. The van der Waals surface area contributed by atoms with Crippen molar-refractivity contribution in [3.63, 3.8) is 0 Å². The van der Waals surface area contributed by atoms with E-state index in [4.69, 9.17) is 4.98 Å². The van der Waals surface area contributed by atoms with E-state index in [1.807, 2.05) is 11.8 Å². The van der Waals surface area contributed by atoms with Crippen molar-refractivity contribution in [3.05, 3.63) is 17.5 Å². The molecule has 1 aliphatic rings. The van der Waals surface area contributed by atoms with Crippen LogP contribution in [-0.2, 0) is 6.54 Å². The average Bonchev–Trinajstić information content (AvgIpc) is 2.71. The Morgan fingerprint density at radius 1 is 1.09 bits per heavy atom. The largest absolute Gasteiger partial charge is 0.305 e. The molecule has 1 saturated heterocycles. The molecule has 130 valence electrons. The normalized spacial score (nSPS) is 17.3. The van der Waals surface area contributed by atoms with Gasteiger partial charge in [-0.3, -0.25) is 4.90 Å². The Hall–Kier alpha value is -0.650. The Morgan fingerprint density at radius 3 is 2.78 bits per heavy atom. The zero-order valence-corrected chi connectivity index (χ0v) is 15.9. The maximum atomic E-state index is 4.79. The summed E-state index contributed by atoms with van der Waals surface area (Å²) in [5, 5.41) is 0.962. The van der Waals surface area contributed by atoms with Gasteiger partial charge in [0.05, 0.1) is 5.69 Å². The van der Waals surface area contributed by atoms with E-state index < -0.39 is 0 Å². The second kappa shape index (κ2) is 10.3. The Balaban J connectivity index is 1.86. The van der Waals surface area contributed by atoms with Crippen LogP contribution in [0.1, 0.15) is 50.4 Å². The van der Waals surface area contributed by atoms with Crippen LogP contribution >= 0.6 is 11.8 Å². The molecule has 0 N–H and O–H groups in total. The molecule has 23 heavy (non-hydrogen) atoms. The number of rotatable bonds is 8. The zero-order chi connectivity index (χ0) is 16.5. The summed E-state index contributed by atoms with van der Waals surface area (Å²) < 4.78 is 0. The molecule has 0 saturated carbocycles. The summed E-state index contributed by atoms with van der Waals surface area (Å²) in [6.45, 7) is 9.97. The topological polar surface area (TPSA) is 32.3 Å². The van der Waals surface area contributed by atoms with Gasteiger partial charge in [-0.25, -0.2) is 9.97 Å². The molecule has 2 heterocycles. The number of nitrogens with zero attached hydrogens (tertiary/aromatic N) is 4. The third-order valence-corrected chi connectivity index (χ3v) is 5.25. The highest BCUT2D eigenvalue weighted by molar-refractivity contribution is 7.99. The molecule has 5 heteroatoms. The lowest BCUT2D eigenvalue weighted by Gasteiger charge is -2.20. The quantitative estimate of drug-likeness (QED) is 0.411. The summed E-state index contributed by atoms with van der Waals surface area (Å²) in [7, 11) is 2.21. The van der Waals surface area contributed by atoms with Crippen molar-refractivity contribution in [1.82, 2.24) is 19.8 Å². The van der Waals surface area contributed by atoms with Gasteiger partial charge in [-0.05, 0) is 46.0 Å². The Labute approximate surface area is 146 Å². The van der Waals surface area contributed by atoms with Crippen molar-refractivity contribution in [2.45, 2.75) is 57.7 Å². The van der Waals surface area contributed by atoms with Gasteiger partial charge in [-0.15, -0.1) is 0 Å². The second-order valence-electron chi connectivity index (χ2n) is 6.63. The first-order chi connectivity index (χ1) is 11.2. The van der Waals surface area contributed by atoms with Crippen LogP contribution < -0.4 is 0 Å². The molecule has 0 spiro atoms. The molecule has 0 amide bonds. The smallest absolute Gasteiger partial charge is 0.188 e. The number of hydrogen-bond donors (Lipinski definition) is 0. The summed E-state index contributed by atoms with van der Waals surface area (Å²) >= 11 is 1.82. The molecule has 0 radical (unpaired) electrons. The molecule has 0 atom stereocenters. The third kappa shape index (κ3) is 7.19. The van der Waals surface area contributed by atoms with Crippen LogP contribution in [0.4, 0.5) is 0 Å². The SMILES string of the molecule is CCCCCCSc1nc(C)cc(CN2CCCN(C)CC2)n1. The Bertz CT molecular complexity index is 466. The lowest BCUT2D eigenvalue weighted by molar-refractivity contribution is 0.265. The first-order valence-corrected chi connectivity index (χ1v) is 10.0. The van der Waals surface area contributed by atoms with Crippen LogP contribution in [0.5, 0.6) is 0 Å². The van der Waals surface area contributed by atoms with E-state index in [1.54, 1.807) is 0 Å². The minimum absolute atomic E-state index is 0.959. The van der Waals surface area contributed by atoms with Gasteiger partial charge in [0.2, 0.25) is 0 Å². The van der Waals surface area contributed by atoms with Gasteiger partial charge in [0.15, 0.2) is 5.16 Å². The van der Waals surface area contributed by atoms with Crippen molar-refractivity contribution < 1.29 is 0 Å². The average molecular weight is 337 g/mol. The third-order valence-electron chi connectivity index (χ3n) is 4.31. The maximum absolute atomic E-state index is 4.79. The Kier molecular flexibility index (Phi) is 8.34. The van der Waals surface area contributed by atoms with Crippen molar-refractivity contribution in [3.8, 4) is 0 Å². The minimum Gasteiger partial charge on any atom is -0.305 e. The van der Waals surface area contributed by atoms with Crippen molar-refractivity contribution in [2.24, 2.45) is 0 Å². The predicted octanol–water partition coefficient (Wildman–Crippen LogP) is 3.59. The molecule has 2 rings (SSSR count). The minimum atomic E-state index is 0.959. The standard InChI is InChI=1S/C18H32N4S/c1-4-5-6-7-13-23-18-19-16(2)14-17(20-18)15-22-10-8-9-21(3)11-12-22/h14H,4-13,15H2,1-3H3. The van der Waals surface area contributed by atoms with Gasteiger partial charge in [0.1, 0.15) is 0 Å². The molecule has 1 fully saturated rings. The summed E-state index contributed by atoms with van der Waals surface area (Å²) in [6, 6.07) is 2.15. The van der Waals surface area contributed by atoms with Crippen molar-refractivity contribution in [2.75, 3.05) is 39.0 Å². The van der Waals surface area contributed by atoms with E-state index in [1.165, 1.54) is 50.9 Å². The summed E-state index contributed by atoms with van der Waals surface area (Å²) in [6.07, 6.45) is 6.47. The Morgan fingerprint density at radius 2 is 1.96 bits per heavy atom.